The van der Waals surface area contributed by atoms with Crippen LogP contribution in [0, 0.1) is 17.2 Å². The molecule has 2 unspecified atom stereocenters. The second kappa shape index (κ2) is 4.64. The summed E-state index contributed by atoms with van der Waals surface area (Å²) in [5.41, 5.74) is 0.880. The van der Waals surface area contributed by atoms with E-state index < -0.39 is 6.10 Å². The Morgan fingerprint density at radius 2 is 2.00 bits per heavy atom. The number of aliphatic hydroxyl groups excluding tert-OH is 1. The van der Waals surface area contributed by atoms with Gasteiger partial charge in [0.1, 0.15) is 0 Å². The molecule has 1 N–H and O–H groups in total. The summed E-state index contributed by atoms with van der Waals surface area (Å²) in [5.74, 6) is -0.00704. The number of hydrogen-bond acceptors (Lipinski definition) is 2. The summed E-state index contributed by atoms with van der Waals surface area (Å²) in [7, 11) is 0. The summed E-state index contributed by atoms with van der Waals surface area (Å²) in [6, 6.07) is 11.5. The van der Waals surface area contributed by atoms with E-state index in [0.717, 1.165) is 5.56 Å². The molecule has 13 heavy (non-hydrogen) atoms. The third-order valence-corrected chi connectivity index (χ3v) is 2.09. The predicted octanol–water partition coefficient (Wildman–Crippen LogP) is 2.27. The highest BCUT2D eigenvalue weighted by Gasteiger charge is 2.14. The minimum atomic E-state index is -0.527. The lowest BCUT2D eigenvalue weighted by Crippen LogP contribution is -2.08. The number of benzene rings is 1. The summed E-state index contributed by atoms with van der Waals surface area (Å²) >= 11 is 0. The molecule has 0 saturated heterocycles. The minimum Gasteiger partial charge on any atom is -0.388 e. The van der Waals surface area contributed by atoms with Crippen LogP contribution in [0.3, 0.4) is 0 Å². The fourth-order valence-electron chi connectivity index (χ4n) is 1.23. The highest BCUT2D eigenvalue weighted by molar-refractivity contribution is 5.17. The van der Waals surface area contributed by atoms with Crippen molar-refractivity contribution in [2.24, 2.45) is 5.92 Å². The molecule has 0 aliphatic heterocycles. The van der Waals surface area contributed by atoms with Crippen molar-refractivity contribution in [2.45, 2.75) is 19.4 Å². The van der Waals surface area contributed by atoms with Crippen LogP contribution >= 0.6 is 0 Å². The Hall–Kier alpha value is -1.33. The van der Waals surface area contributed by atoms with Crippen LogP contribution < -0.4 is 0 Å². The molecule has 68 valence electrons. The Morgan fingerprint density at radius 1 is 1.38 bits per heavy atom. The van der Waals surface area contributed by atoms with E-state index in [9.17, 15) is 5.11 Å². The monoisotopic (exact) mass is 175 g/mol. The Kier molecular flexibility index (Phi) is 3.48. The van der Waals surface area contributed by atoms with Gasteiger partial charge in [0.2, 0.25) is 0 Å². The maximum Gasteiger partial charge on any atom is 0.0825 e. The normalized spacial score (nSPS) is 14.5. The van der Waals surface area contributed by atoms with Gasteiger partial charge < -0.3 is 5.11 Å². The van der Waals surface area contributed by atoms with Crippen LogP contribution in [0.4, 0.5) is 0 Å². The quantitative estimate of drug-likeness (QED) is 0.765. The van der Waals surface area contributed by atoms with Gasteiger partial charge in [-0.15, -0.1) is 0 Å². The lowest BCUT2D eigenvalue weighted by molar-refractivity contribution is 0.120. The van der Waals surface area contributed by atoms with E-state index in [0.29, 0.717) is 6.42 Å². The van der Waals surface area contributed by atoms with E-state index in [1.807, 2.05) is 37.3 Å². The van der Waals surface area contributed by atoms with Gasteiger partial charge >= 0.3 is 0 Å². The first-order chi connectivity index (χ1) is 6.25. The summed E-state index contributed by atoms with van der Waals surface area (Å²) in [6.07, 6.45) is -0.142. The van der Waals surface area contributed by atoms with Gasteiger partial charge in [-0.25, -0.2) is 0 Å². The lowest BCUT2D eigenvalue weighted by atomic mass is 9.95. The van der Waals surface area contributed by atoms with Gasteiger partial charge in [0, 0.05) is 6.42 Å². The van der Waals surface area contributed by atoms with Crippen molar-refractivity contribution >= 4 is 0 Å². The van der Waals surface area contributed by atoms with Gasteiger partial charge in [-0.2, -0.15) is 5.26 Å². The zero-order valence-corrected chi connectivity index (χ0v) is 7.64. The van der Waals surface area contributed by atoms with Gasteiger partial charge in [0.25, 0.3) is 0 Å². The lowest BCUT2D eigenvalue weighted by Gasteiger charge is -2.15. The zero-order chi connectivity index (χ0) is 9.68. The summed E-state index contributed by atoms with van der Waals surface area (Å²) < 4.78 is 0. The molecule has 1 aromatic rings. The molecule has 0 bridgehead atoms. The van der Waals surface area contributed by atoms with Crippen LogP contribution in [0.2, 0.25) is 0 Å². The molecule has 0 fully saturated rings. The first-order valence-corrected chi connectivity index (χ1v) is 4.35. The molecular weight excluding hydrogens is 162 g/mol. The summed E-state index contributed by atoms with van der Waals surface area (Å²) in [4.78, 5) is 0. The average molecular weight is 175 g/mol. The number of rotatable bonds is 3. The van der Waals surface area contributed by atoms with E-state index in [1.54, 1.807) is 0 Å². The molecule has 0 aromatic heterocycles. The first-order valence-electron chi connectivity index (χ1n) is 4.35. The maximum atomic E-state index is 9.77. The van der Waals surface area contributed by atoms with Crippen LogP contribution in [0.15, 0.2) is 30.3 Å². The van der Waals surface area contributed by atoms with Crippen molar-refractivity contribution in [1.29, 1.82) is 5.26 Å². The molecular formula is C11H13NO. The minimum absolute atomic E-state index is 0.00704. The van der Waals surface area contributed by atoms with Crippen molar-refractivity contribution in [2.75, 3.05) is 0 Å². The maximum absolute atomic E-state index is 9.77. The SMILES string of the molecule is CC(CC#N)C(O)c1ccccc1. The molecule has 0 saturated carbocycles. The predicted molar refractivity (Wildman–Crippen MR) is 50.8 cm³/mol. The van der Waals surface area contributed by atoms with Crippen LogP contribution in [-0.2, 0) is 0 Å². The van der Waals surface area contributed by atoms with E-state index >= 15 is 0 Å². The van der Waals surface area contributed by atoms with E-state index in [2.05, 4.69) is 6.07 Å². The van der Waals surface area contributed by atoms with Gasteiger partial charge in [-0.05, 0) is 11.5 Å². The third-order valence-electron chi connectivity index (χ3n) is 2.09. The molecule has 0 radical (unpaired) electrons. The van der Waals surface area contributed by atoms with Gasteiger partial charge in [-0.3, -0.25) is 0 Å². The second-order valence-electron chi connectivity index (χ2n) is 3.20. The molecule has 0 aliphatic carbocycles. The van der Waals surface area contributed by atoms with Gasteiger partial charge in [0.15, 0.2) is 0 Å². The molecule has 2 heteroatoms. The van der Waals surface area contributed by atoms with Crippen molar-refractivity contribution in [3.8, 4) is 6.07 Å². The van der Waals surface area contributed by atoms with Gasteiger partial charge in [-0.1, -0.05) is 37.3 Å². The summed E-state index contributed by atoms with van der Waals surface area (Å²) in [6.45, 7) is 1.88. The molecule has 0 heterocycles. The van der Waals surface area contributed by atoms with E-state index in [-0.39, 0.29) is 5.92 Å². The Morgan fingerprint density at radius 3 is 2.54 bits per heavy atom. The number of nitriles is 1. The number of nitrogens with zero attached hydrogens (tertiary/aromatic N) is 1. The van der Waals surface area contributed by atoms with Crippen molar-refractivity contribution < 1.29 is 5.11 Å². The molecule has 2 atom stereocenters. The van der Waals surface area contributed by atoms with Crippen molar-refractivity contribution in [1.82, 2.24) is 0 Å². The fraction of sp³-hybridized carbons (Fsp3) is 0.364. The zero-order valence-electron chi connectivity index (χ0n) is 7.64. The van der Waals surface area contributed by atoms with Crippen molar-refractivity contribution in [3.63, 3.8) is 0 Å². The van der Waals surface area contributed by atoms with Crippen LogP contribution in [-0.4, -0.2) is 5.11 Å². The Labute approximate surface area is 78.4 Å². The van der Waals surface area contributed by atoms with Crippen molar-refractivity contribution in [3.05, 3.63) is 35.9 Å². The summed E-state index contributed by atoms with van der Waals surface area (Å²) in [5, 5.41) is 18.2. The molecule has 1 rings (SSSR count). The van der Waals surface area contributed by atoms with Gasteiger partial charge in [0.05, 0.1) is 12.2 Å². The van der Waals surface area contributed by atoms with Crippen LogP contribution in [0.5, 0.6) is 0 Å². The fourth-order valence-corrected chi connectivity index (χ4v) is 1.23. The molecule has 0 spiro atoms. The van der Waals surface area contributed by atoms with E-state index in [1.165, 1.54) is 0 Å². The molecule has 1 aromatic carbocycles. The molecule has 0 aliphatic rings. The average Bonchev–Trinajstić information content (AvgIpc) is 2.18. The Bertz CT molecular complexity index is 289. The van der Waals surface area contributed by atoms with Crippen LogP contribution in [0.25, 0.3) is 0 Å². The van der Waals surface area contributed by atoms with E-state index in [4.69, 9.17) is 5.26 Å². The number of hydrogen-bond donors (Lipinski definition) is 1. The second-order valence-corrected chi connectivity index (χ2v) is 3.20. The first kappa shape index (κ1) is 9.76. The highest BCUT2D eigenvalue weighted by Crippen LogP contribution is 2.23. The topological polar surface area (TPSA) is 44.0 Å². The molecule has 0 amide bonds. The largest absolute Gasteiger partial charge is 0.388 e. The smallest absolute Gasteiger partial charge is 0.0825 e. The molecule has 2 nitrogen and oxygen atoms in total. The highest BCUT2D eigenvalue weighted by atomic mass is 16.3. The number of aliphatic hydroxyl groups is 1. The standard InChI is InChI=1S/C11H13NO/c1-9(7-8-12)11(13)10-5-3-2-4-6-10/h2-6,9,11,13H,7H2,1H3. The Balaban J connectivity index is 2.69. The van der Waals surface area contributed by atoms with Crippen LogP contribution in [0.1, 0.15) is 25.0 Å². The third kappa shape index (κ3) is 2.57.